The molecule has 1 rings (SSSR count). The zero-order chi connectivity index (χ0) is 16.7. The maximum atomic E-state index is 13.3. The maximum Gasteiger partial charge on any atom is 0.308 e. The molecule has 0 atom stereocenters. The molecule has 0 saturated heterocycles. The highest BCUT2D eigenvalue weighted by atomic mass is 19.2. The van der Waals surface area contributed by atoms with Gasteiger partial charge >= 0.3 is 5.97 Å². The molecule has 0 radical (unpaired) electrons. The first kappa shape index (κ1) is 17.5. The predicted octanol–water partition coefficient (Wildman–Crippen LogP) is 1.11. The van der Waals surface area contributed by atoms with Gasteiger partial charge in [-0.1, -0.05) is 0 Å². The fraction of sp³-hybridized carbons (Fsp3) is 0.308. The van der Waals surface area contributed by atoms with Crippen molar-refractivity contribution in [2.45, 2.75) is 13.3 Å². The van der Waals surface area contributed by atoms with E-state index in [1.54, 1.807) is 0 Å². The Kier molecular flexibility index (Phi) is 6.36. The van der Waals surface area contributed by atoms with Gasteiger partial charge in [0.15, 0.2) is 24.1 Å². The highest BCUT2D eigenvalue weighted by molar-refractivity contribution is 5.92. The number of benzene rings is 1. The fourth-order valence-electron chi connectivity index (χ4n) is 1.37. The summed E-state index contributed by atoms with van der Waals surface area (Å²) in [5.41, 5.74) is -0.571. The number of anilines is 1. The van der Waals surface area contributed by atoms with Crippen molar-refractivity contribution in [1.82, 2.24) is 5.32 Å². The second-order valence-electron chi connectivity index (χ2n) is 4.16. The number of rotatable bonds is 6. The largest absolute Gasteiger partial charge is 0.456 e. The Morgan fingerprint density at radius 2 is 1.82 bits per heavy atom. The van der Waals surface area contributed by atoms with E-state index in [0.717, 1.165) is 6.07 Å². The Bertz CT molecular complexity index is 593. The summed E-state index contributed by atoms with van der Waals surface area (Å²) in [7, 11) is 0. The standard InChI is InChI=1S/C13H13F3N2O4/c1-7(19)17-5-4-11(21)22-6-10(20)18-9-3-2-8(14)12(15)13(9)16/h2-3H,4-6H2,1H3,(H,17,19)(H,18,20). The lowest BCUT2D eigenvalue weighted by atomic mass is 10.3. The van der Waals surface area contributed by atoms with E-state index in [-0.39, 0.29) is 18.9 Å². The van der Waals surface area contributed by atoms with E-state index in [9.17, 15) is 27.6 Å². The van der Waals surface area contributed by atoms with Crippen LogP contribution in [-0.2, 0) is 19.1 Å². The lowest BCUT2D eigenvalue weighted by molar-refractivity contribution is -0.147. The average Bonchev–Trinajstić information content (AvgIpc) is 2.45. The van der Waals surface area contributed by atoms with Crippen LogP contribution in [0.2, 0.25) is 0 Å². The summed E-state index contributed by atoms with van der Waals surface area (Å²) in [6.07, 6.45) is -0.146. The third-order valence-electron chi connectivity index (χ3n) is 2.38. The molecule has 22 heavy (non-hydrogen) atoms. The SMILES string of the molecule is CC(=O)NCCC(=O)OCC(=O)Nc1ccc(F)c(F)c1F. The monoisotopic (exact) mass is 318 g/mol. The van der Waals surface area contributed by atoms with Crippen molar-refractivity contribution in [3.8, 4) is 0 Å². The van der Waals surface area contributed by atoms with Crippen LogP contribution in [-0.4, -0.2) is 30.9 Å². The number of amides is 2. The number of hydrogen-bond donors (Lipinski definition) is 2. The molecule has 0 aliphatic heterocycles. The van der Waals surface area contributed by atoms with Gasteiger partial charge in [-0.2, -0.15) is 0 Å². The molecule has 0 saturated carbocycles. The van der Waals surface area contributed by atoms with Crippen LogP contribution in [0.15, 0.2) is 12.1 Å². The van der Waals surface area contributed by atoms with Crippen LogP contribution >= 0.6 is 0 Å². The summed E-state index contributed by atoms with van der Waals surface area (Å²) >= 11 is 0. The molecule has 1 aromatic rings. The Morgan fingerprint density at radius 1 is 1.14 bits per heavy atom. The lowest BCUT2D eigenvalue weighted by Crippen LogP contribution is -2.26. The lowest BCUT2D eigenvalue weighted by Gasteiger charge is -2.08. The first-order valence-electron chi connectivity index (χ1n) is 6.14. The summed E-state index contributed by atoms with van der Waals surface area (Å²) in [5, 5.41) is 4.30. The molecule has 0 aliphatic carbocycles. The van der Waals surface area contributed by atoms with Gasteiger partial charge in [0.05, 0.1) is 12.1 Å². The molecule has 9 heteroatoms. The minimum absolute atomic E-state index is 0.0492. The van der Waals surface area contributed by atoms with Crippen LogP contribution in [0.1, 0.15) is 13.3 Å². The van der Waals surface area contributed by atoms with E-state index in [4.69, 9.17) is 0 Å². The first-order valence-corrected chi connectivity index (χ1v) is 6.14. The van der Waals surface area contributed by atoms with Crippen molar-refractivity contribution in [3.05, 3.63) is 29.6 Å². The number of esters is 1. The van der Waals surface area contributed by atoms with Crippen LogP contribution in [0.25, 0.3) is 0 Å². The topological polar surface area (TPSA) is 84.5 Å². The molecule has 2 N–H and O–H groups in total. The minimum Gasteiger partial charge on any atom is -0.456 e. The van der Waals surface area contributed by atoms with Crippen LogP contribution in [0, 0.1) is 17.5 Å². The summed E-state index contributed by atoms with van der Waals surface area (Å²) < 4.78 is 43.5. The summed E-state index contributed by atoms with van der Waals surface area (Å²) in [4.78, 5) is 33.2. The van der Waals surface area contributed by atoms with Crippen LogP contribution < -0.4 is 10.6 Å². The summed E-state index contributed by atoms with van der Waals surface area (Å²) in [6, 6.07) is 1.48. The van der Waals surface area contributed by atoms with E-state index >= 15 is 0 Å². The normalized spacial score (nSPS) is 10.0. The molecule has 2 amide bonds. The Morgan fingerprint density at radius 3 is 2.45 bits per heavy atom. The van der Waals surface area contributed by atoms with Gasteiger partial charge < -0.3 is 15.4 Å². The molecule has 120 valence electrons. The number of ether oxygens (including phenoxy) is 1. The van der Waals surface area contributed by atoms with E-state index in [2.05, 4.69) is 10.1 Å². The van der Waals surface area contributed by atoms with Crippen molar-refractivity contribution in [1.29, 1.82) is 0 Å². The molecule has 0 aliphatic rings. The van der Waals surface area contributed by atoms with Crippen molar-refractivity contribution in [2.24, 2.45) is 0 Å². The quantitative estimate of drug-likeness (QED) is 0.608. The van der Waals surface area contributed by atoms with Crippen molar-refractivity contribution in [3.63, 3.8) is 0 Å². The highest BCUT2D eigenvalue weighted by Gasteiger charge is 2.16. The van der Waals surface area contributed by atoms with Gasteiger partial charge in [0, 0.05) is 13.5 Å². The highest BCUT2D eigenvalue weighted by Crippen LogP contribution is 2.19. The van der Waals surface area contributed by atoms with Gasteiger partial charge in [0.2, 0.25) is 5.91 Å². The fourth-order valence-corrected chi connectivity index (χ4v) is 1.37. The number of halogens is 3. The maximum absolute atomic E-state index is 13.3. The van der Waals surface area contributed by atoms with E-state index in [0.29, 0.717) is 6.07 Å². The second kappa shape index (κ2) is 8.01. The van der Waals surface area contributed by atoms with Crippen molar-refractivity contribution >= 4 is 23.5 Å². The van der Waals surface area contributed by atoms with Crippen molar-refractivity contribution in [2.75, 3.05) is 18.5 Å². The van der Waals surface area contributed by atoms with Crippen LogP contribution in [0.5, 0.6) is 0 Å². The Hall–Kier alpha value is -2.58. The zero-order valence-electron chi connectivity index (χ0n) is 11.5. The Labute approximate surface area is 123 Å². The van der Waals surface area contributed by atoms with E-state index in [1.807, 2.05) is 5.32 Å². The molecule has 6 nitrogen and oxygen atoms in total. The summed E-state index contributed by atoms with van der Waals surface area (Å²) in [5.74, 6) is -6.65. The summed E-state index contributed by atoms with van der Waals surface area (Å²) in [6.45, 7) is 0.597. The van der Waals surface area contributed by atoms with Gasteiger partial charge in [0.1, 0.15) is 0 Å². The van der Waals surface area contributed by atoms with Crippen LogP contribution in [0.4, 0.5) is 18.9 Å². The molecule has 0 unspecified atom stereocenters. The molecule has 0 aromatic heterocycles. The van der Waals surface area contributed by atoms with Crippen LogP contribution in [0.3, 0.4) is 0 Å². The van der Waals surface area contributed by atoms with E-state index < -0.39 is 41.6 Å². The second-order valence-corrected chi connectivity index (χ2v) is 4.16. The number of carbonyl (C=O) groups is 3. The third kappa shape index (κ3) is 5.43. The number of carbonyl (C=O) groups excluding carboxylic acids is 3. The number of nitrogens with one attached hydrogen (secondary N) is 2. The van der Waals surface area contributed by atoms with Crippen molar-refractivity contribution < 1.29 is 32.3 Å². The smallest absolute Gasteiger partial charge is 0.308 e. The predicted molar refractivity (Wildman–Crippen MR) is 69.2 cm³/mol. The average molecular weight is 318 g/mol. The molecule has 1 aromatic carbocycles. The first-order chi connectivity index (χ1) is 10.3. The Balaban J connectivity index is 2.42. The molecular formula is C13H13F3N2O4. The molecule has 0 spiro atoms. The van der Waals surface area contributed by atoms with Gasteiger partial charge in [-0.05, 0) is 12.1 Å². The van der Waals surface area contributed by atoms with Gasteiger partial charge in [-0.25, -0.2) is 13.2 Å². The zero-order valence-corrected chi connectivity index (χ0v) is 11.5. The van der Waals surface area contributed by atoms with Gasteiger partial charge in [-0.15, -0.1) is 0 Å². The number of hydrogen-bond acceptors (Lipinski definition) is 4. The van der Waals surface area contributed by atoms with E-state index in [1.165, 1.54) is 6.92 Å². The molecule has 0 fully saturated rings. The molecule has 0 heterocycles. The third-order valence-corrected chi connectivity index (χ3v) is 2.38. The molecular weight excluding hydrogens is 305 g/mol. The minimum atomic E-state index is -1.72. The molecule has 0 bridgehead atoms. The van der Waals surface area contributed by atoms with Gasteiger partial charge in [0.25, 0.3) is 5.91 Å². The van der Waals surface area contributed by atoms with Gasteiger partial charge in [-0.3, -0.25) is 14.4 Å².